The van der Waals surface area contributed by atoms with Gasteiger partial charge in [-0.25, -0.2) is 10.2 Å². The molecule has 1 heterocycles. The molecule has 1 aromatic heterocycles. The molecule has 5 rings (SSSR count). The molecule has 0 aliphatic heterocycles. The van der Waals surface area contributed by atoms with Crippen LogP contribution in [0.15, 0.2) is 102 Å². The zero-order chi connectivity index (χ0) is 27.4. The van der Waals surface area contributed by atoms with Crippen LogP contribution in [0.3, 0.4) is 0 Å². The number of halogens is 1. The van der Waals surface area contributed by atoms with Gasteiger partial charge in [0.05, 0.1) is 16.7 Å². The molecule has 4 aromatic carbocycles. The van der Waals surface area contributed by atoms with Gasteiger partial charge in [0.25, 0.3) is 11.6 Å². The fraction of sp³-hybridized carbons (Fsp3) is 0. The highest BCUT2D eigenvalue weighted by atomic mass is 35.5. The number of nitrogens with zero attached hydrogens (tertiary/aromatic N) is 2. The van der Waals surface area contributed by atoms with Crippen LogP contribution in [0.4, 0.5) is 5.69 Å². The minimum Gasteiger partial charge on any atom is -0.422 e. The van der Waals surface area contributed by atoms with Crippen molar-refractivity contribution in [1.82, 2.24) is 10.4 Å². The smallest absolute Gasteiger partial charge is 0.343 e. The number of hydrazone groups is 1. The molecule has 0 fully saturated rings. The number of hydrogen-bond donors (Lipinski definition) is 2. The molecule has 0 saturated carbocycles. The summed E-state index contributed by atoms with van der Waals surface area (Å²) in [5.41, 5.74) is 5.55. The van der Waals surface area contributed by atoms with Crippen LogP contribution in [0.5, 0.6) is 5.75 Å². The number of fused-ring (bicyclic) bond motifs is 1. The standard InChI is InChI=1S/C29H19ClN4O5/c30-21-12-15-24-23(16-21)26(18-6-2-1-3-7-18)27(32-24)28(35)33-31-17-20-8-4-5-9-25(20)39-29(36)19-10-13-22(14-11-19)34(37)38/h1-17,32H,(H,33,35). The second kappa shape index (κ2) is 11.0. The average molecular weight is 539 g/mol. The Hall–Kier alpha value is -5.28. The van der Waals surface area contributed by atoms with E-state index in [1.54, 1.807) is 42.5 Å². The highest BCUT2D eigenvalue weighted by molar-refractivity contribution is 6.31. The maximum Gasteiger partial charge on any atom is 0.343 e. The summed E-state index contributed by atoms with van der Waals surface area (Å²) in [5.74, 6) is -0.971. The molecule has 0 aliphatic carbocycles. The SMILES string of the molecule is O=C(Oc1ccccc1C=NNC(=O)c1[nH]c2ccc(Cl)cc2c1-c1ccccc1)c1ccc([N+](=O)[O-])cc1. The zero-order valence-electron chi connectivity index (χ0n) is 20.1. The molecular formula is C29H19ClN4O5. The molecule has 1 amide bonds. The maximum absolute atomic E-state index is 13.2. The number of carbonyl (C=O) groups is 2. The molecule has 39 heavy (non-hydrogen) atoms. The van der Waals surface area contributed by atoms with Gasteiger partial charge >= 0.3 is 5.97 Å². The van der Waals surface area contributed by atoms with Crippen molar-refractivity contribution >= 4 is 46.3 Å². The number of non-ortho nitro benzene ring substituents is 1. The largest absolute Gasteiger partial charge is 0.422 e. The van der Waals surface area contributed by atoms with Gasteiger partial charge in [0.1, 0.15) is 11.4 Å². The Bertz CT molecular complexity index is 1730. The minimum atomic E-state index is -0.695. The van der Waals surface area contributed by atoms with E-state index >= 15 is 0 Å². The third kappa shape index (κ3) is 5.53. The Kier molecular flexibility index (Phi) is 7.15. The molecular weight excluding hydrogens is 520 g/mol. The number of ether oxygens (including phenoxy) is 1. The number of para-hydroxylation sites is 1. The van der Waals surface area contributed by atoms with Gasteiger partial charge in [-0.2, -0.15) is 5.10 Å². The van der Waals surface area contributed by atoms with Crippen molar-refractivity contribution in [3.63, 3.8) is 0 Å². The number of benzene rings is 4. The maximum atomic E-state index is 13.2. The van der Waals surface area contributed by atoms with Crippen LogP contribution in [0.25, 0.3) is 22.0 Å². The number of nitro benzene ring substituents is 1. The van der Waals surface area contributed by atoms with E-state index in [9.17, 15) is 19.7 Å². The van der Waals surface area contributed by atoms with Crippen LogP contribution >= 0.6 is 11.6 Å². The Labute approximate surface area is 226 Å². The lowest BCUT2D eigenvalue weighted by molar-refractivity contribution is -0.384. The lowest BCUT2D eigenvalue weighted by atomic mass is 10.0. The lowest BCUT2D eigenvalue weighted by Gasteiger charge is -2.07. The third-order valence-electron chi connectivity index (χ3n) is 5.86. The molecule has 0 unspecified atom stereocenters. The predicted molar refractivity (Wildman–Crippen MR) is 148 cm³/mol. The first-order valence-corrected chi connectivity index (χ1v) is 12.0. The molecule has 9 nitrogen and oxygen atoms in total. The lowest BCUT2D eigenvalue weighted by Crippen LogP contribution is -2.19. The van der Waals surface area contributed by atoms with E-state index in [0.717, 1.165) is 16.5 Å². The number of esters is 1. The van der Waals surface area contributed by atoms with Crippen LogP contribution in [0, 0.1) is 10.1 Å². The number of nitrogens with one attached hydrogen (secondary N) is 2. The van der Waals surface area contributed by atoms with E-state index in [1.807, 2.05) is 30.3 Å². The summed E-state index contributed by atoms with van der Waals surface area (Å²) in [6, 6.07) is 26.5. The molecule has 0 spiro atoms. The number of carbonyl (C=O) groups excluding carboxylic acids is 2. The second-order valence-corrected chi connectivity index (χ2v) is 8.80. The van der Waals surface area contributed by atoms with Crippen molar-refractivity contribution in [2.45, 2.75) is 0 Å². The van der Waals surface area contributed by atoms with Gasteiger partial charge in [-0.15, -0.1) is 0 Å². The monoisotopic (exact) mass is 538 g/mol. The summed E-state index contributed by atoms with van der Waals surface area (Å²) in [6.07, 6.45) is 1.36. The van der Waals surface area contributed by atoms with E-state index in [4.69, 9.17) is 16.3 Å². The van der Waals surface area contributed by atoms with Gasteiger partial charge in [-0.05, 0) is 48.0 Å². The van der Waals surface area contributed by atoms with Gasteiger partial charge in [0, 0.05) is 39.2 Å². The van der Waals surface area contributed by atoms with Crippen LogP contribution in [0.2, 0.25) is 5.02 Å². The van der Waals surface area contributed by atoms with Crippen molar-refractivity contribution in [3.8, 4) is 16.9 Å². The molecule has 5 aromatic rings. The predicted octanol–water partition coefficient (Wildman–Crippen LogP) is 6.38. The number of nitro groups is 1. The number of aromatic nitrogens is 1. The fourth-order valence-corrected chi connectivity index (χ4v) is 4.19. The number of rotatable bonds is 7. The highest BCUT2D eigenvalue weighted by Crippen LogP contribution is 2.34. The Balaban J connectivity index is 1.36. The topological polar surface area (TPSA) is 127 Å². The van der Waals surface area contributed by atoms with Crippen molar-refractivity contribution in [2.75, 3.05) is 0 Å². The van der Waals surface area contributed by atoms with Gasteiger partial charge in [0.2, 0.25) is 0 Å². The second-order valence-electron chi connectivity index (χ2n) is 8.36. The fourth-order valence-electron chi connectivity index (χ4n) is 4.01. The van der Waals surface area contributed by atoms with Crippen molar-refractivity contribution in [2.24, 2.45) is 5.10 Å². The zero-order valence-corrected chi connectivity index (χ0v) is 20.9. The van der Waals surface area contributed by atoms with Gasteiger partial charge in [0.15, 0.2) is 0 Å². The van der Waals surface area contributed by atoms with Crippen LogP contribution < -0.4 is 10.2 Å². The minimum absolute atomic E-state index is 0.136. The van der Waals surface area contributed by atoms with Crippen molar-refractivity contribution in [3.05, 3.63) is 129 Å². The molecule has 2 N–H and O–H groups in total. The summed E-state index contributed by atoms with van der Waals surface area (Å²) in [6.45, 7) is 0. The van der Waals surface area contributed by atoms with E-state index in [-0.39, 0.29) is 17.0 Å². The highest BCUT2D eigenvalue weighted by Gasteiger charge is 2.19. The number of hydrogen-bond acceptors (Lipinski definition) is 6. The first-order valence-electron chi connectivity index (χ1n) is 11.7. The Morgan fingerprint density at radius 3 is 2.41 bits per heavy atom. The van der Waals surface area contributed by atoms with Crippen molar-refractivity contribution in [1.29, 1.82) is 0 Å². The molecule has 0 atom stereocenters. The quantitative estimate of drug-likeness (QED) is 0.0817. The van der Waals surface area contributed by atoms with Crippen molar-refractivity contribution < 1.29 is 19.2 Å². The number of aromatic amines is 1. The summed E-state index contributed by atoms with van der Waals surface area (Å²) in [7, 11) is 0. The average Bonchev–Trinajstić information content (AvgIpc) is 3.33. The summed E-state index contributed by atoms with van der Waals surface area (Å²) < 4.78 is 5.47. The van der Waals surface area contributed by atoms with Gasteiger partial charge < -0.3 is 9.72 Å². The molecule has 10 heteroatoms. The molecule has 192 valence electrons. The molecule has 0 radical (unpaired) electrons. The molecule has 0 saturated heterocycles. The Morgan fingerprint density at radius 2 is 1.67 bits per heavy atom. The van der Waals surface area contributed by atoms with E-state index in [2.05, 4.69) is 15.5 Å². The van der Waals surface area contributed by atoms with Crippen LogP contribution in [-0.4, -0.2) is 28.0 Å². The van der Waals surface area contributed by atoms with Crippen LogP contribution in [-0.2, 0) is 0 Å². The van der Waals surface area contributed by atoms with Gasteiger partial charge in [-0.1, -0.05) is 54.1 Å². The van der Waals surface area contributed by atoms with E-state index in [0.29, 0.717) is 21.8 Å². The summed E-state index contributed by atoms with van der Waals surface area (Å²) >= 11 is 6.23. The Morgan fingerprint density at radius 1 is 0.949 bits per heavy atom. The van der Waals surface area contributed by atoms with Gasteiger partial charge in [-0.3, -0.25) is 14.9 Å². The summed E-state index contributed by atoms with van der Waals surface area (Å²) in [4.78, 5) is 39.2. The number of H-pyrrole nitrogens is 1. The third-order valence-corrected chi connectivity index (χ3v) is 6.09. The van der Waals surface area contributed by atoms with E-state index in [1.165, 1.54) is 30.5 Å². The molecule has 0 bridgehead atoms. The van der Waals surface area contributed by atoms with E-state index < -0.39 is 16.8 Å². The van der Waals surface area contributed by atoms with Crippen LogP contribution in [0.1, 0.15) is 26.4 Å². The first kappa shape index (κ1) is 25.4. The number of amides is 1. The first-order chi connectivity index (χ1) is 18.9. The summed E-state index contributed by atoms with van der Waals surface area (Å²) in [5, 5.41) is 16.3. The normalized spacial score (nSPS) is 11.0. The molecule has 0 aliphatic rings.